The molecule has 0 spiro atoms. The van der Waals surface area contributed by atoms with Crippen molar-refractivity contribution < 1.29 is 9.90 Å². The maximum absolute atomic E-state index is 10.8. The van der Waals surface area contributed by atoms with E-state index in [0.29, 0.717) is 6.04 Å². The lowest BCUT2D eigenvalue weighted by Crippen LogP contribution is -2.37. The smallest absolute Gasteiger partial charge is 0.317 e. The van der Waals surface area contributed by atoms with E-state index in [4.69, 9.17) is 5.11 Å². The third-order valence-electron chi connectivity index (χ3n) is 3.74. The Morgan fingerprint density at radius 2 is 2.00 bits per heavy atom. The summed E-state index contributed by atoms with van der Waals surface area (Å²) < 4.78 is 0. The summed E-state index contributed by atoms with van der Waals surface area (Å²) in [5.41, 5.74) is 3.80. The molecule has 2 rings (SSSR count). The van der Waals surface area contributed by atoms with Gasteiger partial charge in [0.25, 0.3) is 0 Å². The van der Waals surface area contributed by atoms with Crippen LogP contribution in [0.5, 0.6) is 0 Å². The average molecular weight is 262 g/mol. The van der Waals surface area contributed by atoms with Gasteiger partial charge in [-0.3, -0.25) is 9.69 Å². The molecule has 0 aliphatic carbocycles. The largest absolute Gasteiger partial charge is 0.480 e. The van der Waals surface area contributed by atoms with Gasteiger partial charge in [-0.1, -0.05) is 6.07 Å². The number of carbonyl (C=O) groups is 1. The molecule has 0 amide bonds. The fourth-order valence-electron chi connectivity index (χ4n) is 2.81. The Kier molecular flexibility index (Phi) is 4.10. The Hall–Kier alpha value is -1.55. The van der Waals surface area contributed by atoms with E-state index >= 15 is 0 Å². The predicted molar refractivity (Wildman–Crippen MR) is 76.8 cm³/mol. The SMILES string of the molecule is Cc1cc(C)cc(N2CCC(N(C)CC(=O)O)C2)c1. The standard InChI is InChI=1S/C15H22N2O2/c1-11-6-12(2)8-14(7-11)17-5-4-13(9-17)16(3)10-15(18)19/h6-8,13H,4-5,9-10H2,1-3H3,(H,18,19). The molecule has 1 N–H and O–H groups in total. The summed E-state index contributed by atoms with van der Waals surface area (Å²) in [4.78, 5) is 15.0. The Morgan fingerprint density at radius 3 is 2.58 bits per heavy atom. The maximum atomic E-state index is 10.8. The van der Waals surface area contributed by atoms with E-state index < -0.39 is 5.97 Å². The fourth-order valence-corrected chi connectivity index (χ4v) is 2.81. The van der Waals surface area contributed by atoms with E-state index in [-0.39, 0.29) is 6.54 Å². The fraction of sp³-hybridized carbons (Fsp3) is 0.533. The van der Waals surface area contributed by atoms with Crippen molar-refractivity contribution in [2.75, 3.05) is 31.6 Å². The second-order valence-electron chi connectivity index (χ2n) is 5.54. The molecule has 0 saturated carbocycles. The van der Waals surface area contributed by atoms with Crippen molar-refractivity contribution in [3.05, 3.63) is 29.3 Å². The molecule has 4 heteroatoms. The molecule has 1 atom stereocenters. The Balaban J connectivity index is 2.03. The number of carboxylic acids is 1. The summed E-state index contributed by atoms with van der Waals surface area (Å²) in [6.45, 7) is 6.25. The number of hydrogen-bond donors (Lipinski definition) is 1. The van der Waals surface area contributed by atoms with E-state index in [1.807, 2.05) is 11.9 Å². The Morgan fingerprint density at radius 1 is 1.37 bits per heavy atom. The highest BCUT2D eigenvalue weighted by Crippen LogP contribution is 2.24. The van der Waals surface area contributed by atoms with Crippen molar-refractivity contribution in [3.63, 3.8) is 0 Å². The van der Waals surface area contributed by atoms with Crippen molar-refractivity contribution in [2.24, 2.45) is 0 Å². The highest BCUT2D eigenvalue weighted by Gasteiger charge is 2.26. The minimum absolute atomic E-state index is 0.116. The molecule has 0 aromatic heterocycles. The van der Waals surface area contributed by atoms with Crippen molar-refractivity contribution in [1.82, 2.24) is 4.90 Å². The van der Waals surface area contributed by atoms with Gasteiger partial charge >= 0.3 is 5.97 Å². The van der Waals surface area contributed by atoms with Crippen LogP contribution in [0.1, 0.15) is 17.5 Å². The summed E-state index contributed by atoms with van der Waals surface area (Å²) in [7, 11) is 1.89. The van der Waals surface area contributed by atoms with Crippen LogP contribution in [0.2, 0.25) is 0 Å². The number of rotatable bonds is 4. The number of aryl methyl sites for hydroxylation is 2. The number of aliphatic carboxylic acids is 1. The van der Waals surface area contributed by atoms with E-state index in [9.17, 15) is 4.79 Å². The van der Waals surface area contributed by atoms with Gasteiger partial charge in [0.1, 0.15) is 0 Å². The molecule has 1 heterocycles. The van der Waals surface area contributed by atoms with Gasteiger partial charge in [0, 0.05) is 24.8 Å². The first-order chi connectivity index (χ1) is 8.95. The van der Waals surface area contributed by atoms with Gasteiger partial charge in [0.2, 0.25) is 0 Å². The predicted octanol–water partition coefficient (Wildman–Crippen LogP) is 1.90. The number of hydrogen-bond acceptors (Lipinski definition) is 3. The van der Waals surface area contributed by atoms with Gasteiger partial charge < -0.3 is 10.0 Å². The number of carboxylic acid groups (broad SMARTS) is 1. The Labute approximate surface area is 114 Å². The van der Waals surface area contributed by atoms with Gasteiger partial charge in [0.05, 0.1) is 6.54 Å². The van der Waals surface area contributed by atoms with Gasteiger partial charge in [-0.15, -0.1) is 0 Å². The topological polar surface area (TPSA) is 43.8 Å². The van der Waals surface area contributed by atoms with E-state index in [1.165, 1.54) is 16.8 Å². The summed E-state index contributed by atoms with van der Waals surface area (Å²) in [6, 6.07) is 6.91. The molecule has 0 radical (unpaired) electrons. The zero-order valence-electron chi connectivity index (χ0n) is 11.9. The lowest BCUT2D eigenvalue weighted by molar-refractivity contribution is -0.138. The molecule has 0 bridgehead atoms. The normalized spacial score (nSPS) is 19.2. The molecule has 1 aliphatic rings. The monoisotopic (exact) mass is 262 g/mol. The second-order valence-corrected chi connectivity index (χ2v) is 5.54. The summed E-state index contributed by atoms with van der Waals surface area (Å²) in [5.74, 6) is -0.757. The number of anilines is 1. The molecule has 1 fully saturated rings. The van der Waals surface area contributed by atoms with Crippen LogP contribution in [0.25, 0.3) is 0 Å². The molecular weight excluding hydrogens is 240 g/mol. The molecule has 19 heavy (non-hydrogen) atoms. The molecule has 1 aliphatic heterocycles. The number of likely N-dealkylation sites (N-methyl/N-ethyl adjacent to an activating group) is 1. The van der Waals surface area contributed by atoms with Crippen molar-refractivity contribution in [1.29, 1.82) is 0 Å². The first-order valence-corrected chi connectivity index (χ1v) is 6.71. The van der Waals surface area contributed by atoms with Crippen LogP contribution in [0.15, 0.2) is 18.2 Å². The van der Waals surface area contributed by atoms with Gasteiger partial charge in [0.15, 0.2) is 0 Å². The molecule has 4 nitrogen and oxygen atoms in total. The number of benzene rings is 1. The first-order valence-electron chi connectivity index (χ1n) is 6.71. The molecule has 1 aromatic carbocycles. The zero-order valence-corrected chi connectivity index (χ0v) is 11.9. The summed E-state index contributed by atoms with van der Waals surface area (Å²) >= 11 is 0. The van der Waals surface area contributed by atoms with Crippen molar-refractivity contribution >= 4 is 11.7 Å². The van der Waals surface area contributed by atoms with Crippen LogP contribution in [0.4, 0.5) is 5.69 Å². The van der Waals surface area contributed by atoms with Crippen LogP contribution < -0.4 is 4.90 Å². The third-order valence-corrected chi connectivity index (χ3v) is 3.74. The van der Waals surface area contributed by atoms with Crippen molar-refractivity contribution in [2.45, 2.75) is 26.3 Å². The second kappa shape index (κ2) is 5.61. The molecule has 1 unspecified atom stereocenters. The minimum Gasteiger partial charge on any atom is -0.480 e. The maximum Gasteiger partial charge on any atom is 0.317 e. The van der Waals surface area contributed by atoms with Gasteiger partial charge in [-0.05, 0) is 50.6 Å². The lowest BCUT2D eigenvalue weighted by Gasteiger charge is -2.24. The molecular formula is C15H22N2O2. The van der Waals surface area contributed by atoms with E-state index in [0.717, 1.165) is 19.5 Å². The van der Waals surface area contributed by atoms with Crippen LogP contribution in [0.3, 0.4) is 0 Å². The molecule has 104 valence electrons. The van der Waals surface area contributed by atoms with Crippen LogP contribution in [0, 0.1) is 13.8 Å². The van der Waals surface area contributed by atoms with Crippen LogP contribution in [-0.2, 0) is 4.79 Å². The lowest BCUT2D eigenvalue weighted by atomic mass is 10.1. The van der Waals surface area contributed by atoms with Gasteiger partial charge in [-0.25, -0.2) is 0 Å². The Bertz CT molecular complexity index is 453. The van der Waals surface area contributed by atoms with Crippen LogP contribution >= 0.6 is 0 Å². The average Bonchev–Trinajstić information content (AvgIpc) is 2.75. The van der Waals surface area contributed by atoms with Crippen molar-refractivity contribution in [3.8, 4) is 0 Å². The van der Waals surface area contributed by atoms with E-state index in [1.54, 1.807) is 0 Å². The quantitative estimate of drug-likeness (QED) is 0.900. The highest BCUT2D eigenvalue weighted by atomic mass is 16.4. The minimum atomic E-state index is -0.757. The third kappa shape index (κ3) is 3.47. The summed E-state index contributed by atoms with van der Waals surface area (Å²) in [5, 5.41) is 8.84. The van der Waals surface area contributed by atoms with Gasteiger partial charge in [-0.2, -0.15) is 0 Å². The highest BCUT2D eigenvalue weighted by molar-refractivity contribution is 5.69. The first kappa shape index (κ1) is 13.9. The number of nitrogens with zero attached hydrogens (tertiary/aromatic N) is 2. The summed E-state index contributed by atoms with van der Waals surface area (Å²) in [6.07, 6.45) is 1.02. The molecule has 1 aromatic rings. The van der Waals surface area contributed by atoms with Crippen LogP contribution in [-0.4, -0.2) is 48.7 Å². The molecule has 1 saturated heterocycles. The zero-order chi connectivity index (χ0) is 14.0. The van der Waals surface area contributed by atoms with E-state index in [2.05, 4.69) is 36.9 Å².